The molecule has 2 saturated heterocycles. The third-order valence-electron chi connectivity index (χ3n) is 3.46. The van der Waals surface area contributed by atoms with Gasteiger partial charge in [-0.3, -0.25) is 19.3 Å². The van der Waals surface area contributed by atoms with Crippen LogP contribution in [0.2, 0.25) is 0 Å². The number of rotatable bonds is 3. The minimum Gasteiger partial charge on any atom is -0.341 e. The van der Waals surface area contributed by atoms with Crippen LogP contribution in [-0.4, -0.2) is 53.0 Å². The van der Waals surface area contributed by atoms with E-state index >= 15 is 0 Å². The van der Waals surface area contributed by atoms with Gasteiger partial charge >= 0.3 is 0 Å². The predicted octanol–water partition coefficient (Wildman–Crippen LogP) is 0.0786. The molecule has 94 valence electrons. The summed E-state index contributed by atoms with van der Waals surface area (Å²) in [5, 5.41) is 0. The summed E-state index contributed by atoms with van der Waals surface area (Å²) in [4.78, 5) is 38.3. The molecule has 0 N–H and O–H groups in total. The maximum atomic E-state index is 11.9. The molecular formula is C11H15ClN2O3. The molecule has 2 aliphatic heterocycles. The lowest BCUT2D eigenvalue weighted by molar-refractivity contribution is -0.140. The van der Waals surface area contributed by atoms with Crippen LogP contribution >= 0.6 is 11.6 Å². The van der Waals surface area contributed by atoms with E-state index in [1.54, 1.807) is 11.8 Å². The molecule has 2 atom stereocenters. The third kappa shape index (κ3) is 1.92. The fourth-order valence-corrected chi connectivity index (χ4v) is 2.73. The normalized spacial score (nSPS) is 27.9. The highest BCUT2D eigenvalue weighted by molar-refractivity contribution is 6.19. The van der Waals surface area contributed by atoms with Crippen LogP contribution in [0.15, 0.2) is 0 Å². The van der Waals surface area contributed by atoms with E-state index in [0.717, 1.165) is 0 Å². The average molecular weight is 259 g/mol. The second-order valence-electron chi connectivity index (χ2n) is 4.37. The Morgan fingerprint density at radius 3 is 2.24 bits per heavy atom. The zero-order valence-corrected chi connectivity index (χ0v) is 10.4. The molecule has 17 heavy (non-hydrogen) atoms. The van der Waals surface area contributed by atoms with Crippen LogP contribution in [-0.2, 0) is 14.4 Å². The SMILES string of the molecule is CCN1C(=O)C2CN(C(=O)CCCl)CC2C1=O. The monoisotopic (exact) mass is 258 g/mol. The molecule has 2 aliphatic rings. The van der Waals surface area contributed by atoms with Crippen molar-refractivity contribution in [2.24, 2.45) is 11.8 Å². The van der Waals surface area contributed by atoms with Crippen molar-refractivity contribution in [3.05, 3.63) is 0 Å². The molecule has 2 unspecified atom stereocenters. The van der Waals surface area contributed by atoms with Gasteiger partial charge in [-0.25, -0.2) is 0 Å². The third-order valence-corrected chi connectivity index (χ3v) is 3.65. The number of likely N-dealkylation sites (tertiary alicyclic amines) is 2. The Morgan fingerprint density at radius 1 is 1.29 bits per heavy atom. The van der Waals surface area contributed by atoms with Gasteiger partial charge in [-0.2, -0.15) is 0 Å². The highest BCUT2D eigenvalue weighted by Gasteiger charge is 2.52. The molecule has 0 bridgehead atoms. The van der Waals surface area contributed by atoms with Gasteiger partial charge < -0.3 is 4.90 Å². The van der Waals surface area contributed by atoms with Crippen molar-refractivity contribution >= 4 is 29.3 Å². The zero-order valence-electron chi connectivity index (χ0n) is 9.69. The number of nitrogens with zero attached hydrogens (tertiary/aromatic N) is 2. The second-order valence-corrected chi connectivity index (χ2v) is 4.75. The van der Waals surface area contributed by atoms with Crippen LogP contribution < -0.4 is 0 Å². The molecule has 2 rings (SSSR count). The smallest absolute Gasteiger partial charge is 0.234 e. The van der Waals surface area contributed by atoms with Crippen LogP contribution in [0.3, 0.4) is 0 Å². The van der Waals surface area contributed by atoms with Gasteiger partial charge in [0.05, 0.1) is 11.8 Å². The van der Waals surface area contributed by atoms with Gasteiger partial charge in [-0.15, -0.1) is 11.6 Å². The molecule has 2 fully saturated rings. The molecule has 6 heteroatoms. The Hall–Kier alpha value is -1.10. The first kappa shape index (κ1) is 12.4. The van der Waals surface area contributed by atoms with E-state index in [0.29, 0.717) is 19.6 Å². The van der Waals surface area contributed by atoms with E-state index in [9.17, 15) is 14.4 Å². The molecule has 0 aromatic rings. The Bertz CT molecular complexity index is 348. The van der Waals surface area contributed by atoms with Crippen LogP contribution in [0, 0.1) is 11.8 Å². The van der Waals surface area contributed by atoms with Crippen LogP contribution in [0.25, 0.3) is 0 Å². The van der Waals surface area contributed by atoms with Crippen molar-refractivity contribution in [2.75, 3.05) is 25.5 Å². The van der Waals surface area contributed by atoms with Gasteiger partial charge in [-0.1, -0.05) is 0 Å². The number of hydrogen-bond donors (Lipinski definition) is 0. The highest BCUT2D eigenvalue weighted by Crippen LogP contribution is 2.33. The minimum atomic E-state index is -0.332. The number of carbonyl (C=O) groups is 3. The lowest BCUT2D eigenvalue weighted by atomic mass is 10.00. The number of hydrogen-bond acceptors (Lipinski definition) is 3. The summed E-state index contributed by atoms with van der Waals surface area (Å²) in [6.07, 6.45) is 0.265. The zero-order chi connectivity index (χ0) is 12.6. The molecule has 0 radical (unpaired) electrons. The summed E-state index contributed by atoms with van der Waals surface area (Å²) < 4.78 is 0. The molecule has 5 nitrogen and oxygen atoms in total. The number of amides is 3. The van der Waals surface area contributed by atoms with Crippen molar-refractivity contribution in [1.82, 2.24) is 9.80 Å². The number of alkyl halides is 1. The molecule has 0 spiro atoms. The lowest BCUT2D eigenvalue weighted by Gasteiger charge is -2.19. The largest absolute Gasteiger partial charge is 0.341 e. The lowest BCUT2D eigenvalue weighted by Crippen LogP contribution is -2.37. The van der Waals surface area contributed by atoms with Crippen LogP contribution in [0.1, 0.15) is 13.3 Å². The number of fused-ring (bicyclic) bond motifs is 1. The summed E-state index contributed by atoms with van der Waals surface area (Å²) in [5.41, 5.74) is 0. The van der Waals surface area contributed by atoms with E-state index in [4.69, 9.17) is 11.6 Å². The van der Waals surface area contributed by atoms with E-state index in [-0.39, 0.29) is 41.9 Å². The van der Waals surface area contributed by atoms with Crippen LogP contribution in [0.5, 0.6) is 0 Å². The summed E-state index contributed by atoms with van der Waals surface area (Å²) in [6, 6.07) is 0. The number of carbonyl (C=O) groups excluding carboxylic acids is 3. The first-order valence-corrected chi connectivity index (χ1v) is 6.32. The Kier molecular flexibility index (Phi) is 3.38. The quantitative estimate of drug-likeness (QED) is 0.532. The standard InChI is InChI=1S/C11H15ClN2O3/c1-2-14-10(16)7-5-13(9(15)3-4-12)6-8(7)11(14)17/h7-8H,2-6H2,1H3. The van der Waals surface area contributed by atoms with E-state index in [1.807, 2.05) is 0 Å². The van der Waals surface area contributed by atoms with Crippen molar-refractivity contribution in [2.45, 2.75) is 13.3 Å². The maximum absolute atomic E-state index is 11.9. The van der Waals surface area contributed by atoms with Gasteiger partial charge in [0.15, 0.2) is 0 Å². The Morgan fingerprint density at radius 2 is 1.82 bits per heavy atom. The number of halogens is 1. The van der Waals surface area contributed by atoms with Gasteiger partial charge in [0.25, 0.3) is 0 Å². The number of imide groups is 1. The van der Waals surface area contributed by atoms with Crippen molar-refractivity contribution in [1.29, 1.82) is 0 Å². The molecule has 2 heterocycles. The second kappa shape index (κ2) is 4.64. The summed E-state index contributed by atoms with van der Waals surface area (Å²) in [5.74, 6) is -0.734. The van der Waals surface area contributed by atoms with Crippen molar-refractivity contribution in [3.8, 4) is 0 Å². The van der Waals surface area contributed by atoms with Gasteiger partial charge in [0.2, 0.25) is 17.7 Å². The van der Waals surface area contributed by atoms with Crippen LogP contribution in [0.4, 0.5) is 0 Å². The summed E-state index contributed by atoms with van der Waals surface area (Å²) in [7, 11) is 0. The summed E-state index contributed by atoms with van der Waals surface area (Å²) in [6.45, 7) is 2.93. The molecule has 0 saturated carbocycles. The molecule has 0 aliphatic carbocycles. The van der Waals surface area contributed by atoms with Gasteiger partial charge in [0.1, 0.15) is 0 Å². The Labute approximate surface area is 105 Å². The first-order chi connectivity index (χ1) is 8.10. The van der Waals surface area contributed by atoms with E-state index in [2.05, 4.69) is 0 Å². The highest BCUT2D eigenvalue weighted by atomic mass is 35.5. The first-order valence-electron chi connectivity index (χ1n) is 5.79. The fraction of sp³-hybridized carbons (Fsp3) is 0.727. The minimum absolute atomic E-state index is 0.0713. The van der Waals surface area contributed by atoms with Crippen molar-refractivity contribution in [3.63, 3.8) is 0 Å². The van der Waals surface area contributed by atoms with Gasteiger partial charge in [-0.05, 0) is 6.92 Å². The Balaban J connectivity index is 2.07. The maximum Gasteiger partial charge on any atom is 0.234 e. The molecular weight excluding hydrogens is 244 g/mol. The topological polar surface area (TPSA) is 57.7 Å². The molecule has 0 aromatic heterocycles. The molecule has 0 aromatic carbocycles. The summed E-state index contributed by atoms with van der Waals surface area (Å²) >= 11 is 5.51. The van der Waals surface area contributed by atoms with Gasteiger partial charge in [0, 0.05) is 31.9 Å². The fourth-order valence-electron chi connectivity index (χ4n) is 2.57. The van der Waals surface area contributed by atoms with E-state index < -0.39 is 0 Å². The van der Waals surface area contributed by atoms with Crippen molar-refractivity contribution < 1.29 is 14.4 Å². The average Bonchev–Trinajstić information content (AvgIpc) is 2.81. The van der Waals surface area contributed by atoms with E-state index in [1.165, 1.54) is 4.90 Å². The predicted molar refractivity (Wildman–Crippen MR) is 61.3 cm³/mol. The molecule has 3 amide bonds.